The first-order valence-electron chi connectivity index (χ1n) is 7.44. The van der Waals surface area contributed by atoms with Crippen molar-refractivity contribution in [3.63, 3.8) is 0 Å². The van der Waals surface area contributed by atoms with Gasteiger partial charge in [-0.1, -0.05) is 30.3 Å². The fraction of sp³-hybridized carbons (Fsp3) is 0.389. The molecule has 1 aromatic heterocycles. The van der Waals surface area contributed by atoms with Gasteiger partial charge >= 0.3 is 0 Å². The molecule has 0 aliphatic rings. The lowest BCUT2D eigenvalue weighted by Crippen LogP contribution is -2.42. The first-order valence-corrected chi connectivity index (χ1v) is 7.98. The lowest BCUT2D eigenvalue weighted by atomic mass is 9.94. The first-order chi connectivity index (χ1) is 10.5. The van der Waals surface area contributed by atoms with Crippen LogP contribution in [0, 0.1) is 5.41 Å². The Morgan fingerprint density at radius 1 is 1.18 bits per heavy atom. The summed E-state index contributed by atoms with van der Waals surface area (Å²) in [6.07, 6.45) is 2.44. The fourth-order valence-electron chi connectivity index (χ4n) is 2.24. The summed E-state index contributed by atoms with van der Waals surface area (Å²) >= 11 is 5.96. The standard InChI is InChI=1S/C18H22ClNO2/c1-18(2,14-19)17(21)20(13-16-9-6-12-22-16)11-10-15-7-4-3-5-8-15/h3-9,12H,10-11,13-14H2,1-2H3. The molecule has 0 bridgehead atoms. The highest BCUT2D eigenvalue weighted by Crippen LogP contribution is 2.22. The number of nitrogens with zero attached hydrogens (tertiary/aromatic N) is 1. The van der Waals surface area contributed by atoms with E-state index in [1.807, 2.05) is 49.1 Å². The van der Waals surface area contributed by atoms with Crippen molar-refractivity contribution in [3.8, 4) is 0 Å². The largest absolute Gasteiger partial charge is 0.467 e. The molecule has 0 atom stereocenters. The molecule has 0 spiro atoms. The van der Waals surface area contributed by atoms with Crippen molar-refractivity contribution < 1.29 is 9.21 Å². The Labute approximate surface area is 136 Å². The molecule has 1 amide bonds. The number of amides is 1. The molecule has 4 heteroatoms. The van der Waals surface area contributed by atoms with Crippen LogP contribution in [0.1, 0.15) is 25.2 Å². The molecule has 0 fully saturated rings. The number of benzene rings is 1. The van der Waals surface area contributed by atoms with Crippen molar-refractivity contribution in [2.45, 2.75) is 26.8 Å². The smallest absolute Gasteiger partial charge is 0.229 e. The summed E-state index contributed by atoms with van der Waals surface area (Å²) in [7, 11) is 0. The van der Waals surface area contributed by atoms with Crippen LogP contribution in [0.15, 0.2) is 53.1 Å². The Bertz CT molecular complexity index is 578. The van der Waals surface area contributed by atoms with Crippen molar-refractivity contribution in [1.82, 2.24) is 4.90 Å². The average Bonchev–Trinajstić information content (AvgIpc) is 3.04. The summed E-state index contributed by atoms with van der Waals surface area (Å²) in [6.45, 7) is 4.86. The van der Waals surface area contributed by atoms with Crippen molar-refractivity contribution in [2.75, 3.05) is 12.4 Å². The Kier molecular flexibility index (Phi) is 5.67. The van der Waals surface area contributed by atoms with Crippen LogP contribution in [0.2, 0.25) is 0 Å². The highest BCUT2D eigenvalue weighted by atomic mass is 35.5. The first kappa shape index (κ1) is 16.6. The van der Waals surface area contributed by atoms with E-state index in [0.717, 1.165) is 12.2 Å². The van der Waals surface area contributed by atoms with Gasteiger partial charge in [-0.2, -0.15) is 0 Å². The van der Waals surface area contributed by atoms with Gasteiger partial charge in [-0.05, 0) is 38.0 Å². The van der Waals surface area contributed by atoms with Crippen molar-refractivity contribution in [3.05, 3.63) is 60.1 Å². The third-order valence-electron chi connectivity index (χ3n) is 3.64. The third-order valence-corrected chi connectivity index (χ3v) is 4.31. The lowest BCUT2D eigenvalue weighted by molar-refractivity contribution is -0.140. The molecule has 1 heterocycles. The summed E-state index contributed by atoms with van der Waals surface area (Å²) in [6, 6.07) is 13.9. The van der Waals surface area contributed by atoms with Crippen LogP contribution in [0.4, 0.5) is 0 Å². The maximum Gasteiger partial charge on any atom is 0.229 e. The lowest BCUT2D eigenvalue weighted by Gasteiger charge is -2.30. The Morgan fingerprint density at radius 3 is 2.50 bits per heavy atom. The van der Waals surface area contributed by atoms with Gasteiger partial charge in [0.05, 0.1) is 18.2 Å². The van der Waals surface area contributed by atoms with E-state index in [4.69, 9.17) is 16.0 Å². The van der Waals surface area contributed by atoms with Gasteiger partial charge in [0.15, 0.2) is 0 Å². The van der Waals surface area contributed by atoms with E-state index in [1.54, 1.807) is 6.26 Å². The quantitative estimate of drug-likeness (QED) is 0.719. The van der Waals surface area contributed by atoms with Gasteiger partial charge < -0.3 is 9.32 Å². The molecule has 2 rings (SSSR count). The second-order valence-corrected chi connectivity index (χ2v) is 6.33. The Hall–Kier alpha value is -1.74. The Morgan fingerprint density at radius 2 is 1.91 bits per heavy atom. The minimum Gasteiger partial charge on any atom is -0.467 e. The predicted molar refractivity (Wildman–Crippen MR) is 88.8 cm³/mol. The molecule has 0 unspecified atom stereocenters. The number of alkyl halides is 1. The van der Waals surface area contributed by atoms with Crippen LogP contribution >= 0.6 is 11.6 Å². The molecular weight excluding hydrogens is 298 g/mol. The number of rotatable bonds is 7. The van der Waals surface area contributed by atoms with Crippen LogP contribution in [0.3, 0.4) is 0 Å². The zero-order valence-corrected chi connectivity index (χ0v) is 13.8. The Balaban J connectivity index is 2.09. The van der Waals surface area contributed by atoms with Crippen LogP contribution in [0.25, 0.3) is 0 Å². The molecule has 118 valence electrons. The van der Waals surface area contributed by atoms with E-state index >= 15 is 0 Å². The minimum atomic E-state index is -0.579. The predicted octanol–water partition coefficient (Wildman–Crippen LogP) is 4.12. The maximum atomic E-state index is 12.7. The zero-order chi connectivity index (χ0) is 16.0. The van der Waals surface area contributed by atoms with Gasteiger partial charge in [0.1, 0.15) is 5.76 Å². The number of hydrogen-bond acceptors (Lipinski definition) is 2. The molecular formula is C18H22ClNO2. The highest BCUT2D eigenvalue weighted by Gasteiger charge is 2.31. The highest BCUT2D eigenvalue weighted by molar-refractivity contribution is 6.19. The number of carbonyl (C=O) groups is 1. The van der Waals surface area contributed by atoms with Crippen LogP contribution < -0.4 is 0 Å². The van der Waals surface area contributed by atoms with Gasteiger partial charge in [0.25, 0.3) is 0 Å². The summed E-state index contributed by atoms with van der Waals surface area (Å²) in [5.41, 5.74) is 0.633. The zero-order valence-electron chi connectivity index (χ0n) is 13.1. The van der Waals surface area contributed by atoms with Gasteiger partial charge in [-0.15, -0.1) is 11.6 Å². The van der Waals surface area contributed by atoms with E-state index in [-0.39, 0.29) is 5.91 Å². The van der Waals surface area contributed by atoms with Crippen LogP contribution in [-0.2, 0) is 17.8 Å². The summed E-state index contributed by atoms with van der Waals surface area (Å²) in [4.78, 5) is 14.6. The molecule has 22 heavy (non-hydrogen) atoms. The van der Waals surface area contributed by atoms with Crippen molar-refractivity contribution in [1.29, 1.82) is 0 Å². The molecule has 0 radical (unpaired) electrons. The number of hydrogen-bond donors (Lipinski definition) is 0. The second-order valence-electron chi connectivity index (χ2n) is 6.06. The third kappa shape index (κ3) is 4.38. The minimum absolute atomic E-state index is 0.0508. The molecule has 2 aromatic rings. The molecule has 0 saturated carbocycles. The molecule has 0 N–H and O–H groups in total. The van der Waals surface area contributed by atoms with Crippen LogP contribution in [0.5, 0.6) is 0 Å². The van der Waals surface area contributed by atoms with Gasteiger partial charge in [0, 0.05) is 12.4 Å². The topological polar surface area (TPSA) is 33.5 Å². The van der Waals surface area contributed by atoms with Gasteiger partial charge in [0.2, 0.25) is 5.91 Å². The van der Waals surface area contributed by atoms with E-state index < -0.39 is 5.41 Å². The van der Waals surface area contributed by atoms with Gasteiger partial charge in [-0.3, -0.25) is 4.79 Å². The average molecular weight is 320 g/mol. The molecule has 3 nitrogen and oxygen atoms in total. The maximum absolute atomic E-state index is 12.7. The summed E-state index contributed by atoms with van der Waals surface area (Å²) in [5.74, 6) is 1.13. The van der Waals surface area contributed by atoms with E-state index in [0.29, 0.717) is 19.0 Å². The number of halogens is 1. The number of furan rings is 1. The van der Waals surface area contributed by atoms with Crippen LogP contribution in [-0.4, -0.2) is 23.2 Å². The van der Waals surface area contributed by atoms with E-state index in [1.165, 1.54) is 5.56 Å². The van der Waals surface area contributed by atoms with E-state index in [9.17, 15) is 4.79 Å². The monoisotopic (exact) mass is 319 g/mol. The summed E-state index contributed by atoms with van der Waals surface area (Å²) < 4.78 is 5.39. The molecule has 0 aliphatic heterocycles. The van der Waals surface area contributed by atoms with E-state index in [2.05, 4.69) is 12.1 Å². The molecule has 0 aliphatic carbocycles. The summed E-state index contributed by atoms with van der Waals surface area (Å²) in [5, 5.41) is 0. The number of carbonyl (C=O) groups excluding carboxylic acids is 1. The fourth-order valence-corrected chi connectivity index (χ4v) is 2.35. The molecule has 0 saturated heterocycles. The second kappa shape index (κ2) is 7.50. The van der Waals surface area contributed by atoms with Crippen molar-refractivity contribution in [2.24, 2.45) is 5.41 Å². The molecule has 1 aromatic carbocycles. The van der Waals surface area contributed by atoms with Gasteiger partial charge in [-0.25, -0.2) is 0 Å². The SMILES string of the molecule is CC(C)(CCl)C(=O)N(CCc1ccccc1)Cc1ccco1. The van der Waals surface area contributed by atoms with Crippen molar-refractivity contribution >= 4 is 17.5 Å². The normalized spacial score (nSPS) is 11.4.